The molecule has 1 heterocycles. The van der Waals surface area contributed by atoms with E-state index in [0.717, 1.165) is 12.3 Å². The molecule has 0 saturated heterocycles. The third-order valence-electron chi connectivity index (χ3n) is 0.685. The number of nitrogens with two attached hydrogens (primary N) is 1. The first-order valence-electron chi connectivity index (χ1n) is 2.58. The molecule has 3 heteroatoms. The maximum atomic E-state index is 12.1. The minimum absolute atomic E-state index is 0.0522. The Kier molecular flexibility index (Phi) is 0.850. The van der Waals surface area contributed by atoms with Crippen LogP contribution in [0.1, 0.15) is 1.37 Å². The molecule has 1 rings (SSSR count). The predicted molar refractivity (Wildman–Crippen MR) is 28.6 cm³/mol. The SMILES string of the molecule is [2H]c1cc(F)cnc1N. The Morgan fingerprint density at radius 2 is 2.62 bits per heavy atom. The first-order chi connectivity index (χ1) is 4.20. The molecule has 1 aromatic rings. The third kappa shape index (κ3) is 0.932. The number of anilines is 1. The van der Waals surface area contributed by atoms with Gasteiger partial charge in [0.1, 0.15) is 11.6 Å². The number of aromatic nitrogens is 1. The summed E-state index contributed by atoms with van der Waals surface area (Å²) in [5, 5.41) is 0. The lowest BCUT2D eigenvalue weighted by Gasteiger charge is -1.86. The molecule has 0 fully saturated rings. The molecule has 0 amide bonds. The van der Waals surface area contributed by atoms with Gasteiger partial charge in [-0.3, -0.25) is 0 Å². The zero-order valence-electron chi connectivity index (χ0n) is 5.06. The van der Waals surface area contributed by atoms with Crippen LogP contribution < -0.4 is 5.73 Å². The number of nitrogen functional groups attached to an aromatic ring is 1. The largest absolute Gasteiger partial charge is 0.384 e. The van der Waals surface area contributed by atoms with Gasteiger partial charge in [0.05, 0.1) is 7.57 Å². The van der Waals surface area contributed by atoms with Gasteiger partial charge in [0.15, 0.2) is 0 Å². The van der Waals surface area contributed by atoms with E-state index >= 15 is 0 Å². The highest BCUT2D eigenvalue weighted by Gasteiger charge is 1.85. The van der Waals surface area contributed by atoms with Crippen molar-refractivity contribution < 1.29 is 5.76 Å². The number of nitrogens with zero attached hydrogens (tertiary/aromatic N) is 1. The number of hydrogen-bond acceptors (Lipinski definition) is 2. The number of rotatable bonds is 0. The van der Waals surface area contributed by atoms with Crippen molar-refractivity contribution in [3.8, 4) is 0 Å². The van der Waals surface area contributed by atoms with Crippen molar-refractivity contribution in [2.45, 2.75) is 0 Å². The summed E-state index contributed by atoms with van der Waals surface area (Å²) >= 11 is 0. The van der Waals surface area contributed by atoms with Gasteiger partial charge in [0, 0.05) is 0 Å². The lowest BCUT2D eigenvalue weighted by Crippen LogP contribution is -1.87. The second-order valence-electron chi connectivity index (χ2n) is 1.32. The standard InChI is InChI=1S/C5H5FN2/c6-4-1-2-5(7)8-3-4/h1-3H,(H2,7,8)/i2D. The summed E-state index contributed by atoms with van der Waals surface area (Å²) in [6.45, 7) is 0. The first-order valence-corrected chi connectivity index (χ1v) is 2.08. The third-order valence-corrected chi connectivity index (χ3v) is 0.685. The Hall–Kier alpha value is -1.12. The van der Waals surface area contributed by atoms with Gasteiger partial charge in [-0.05, 0) is 12.1 Å². The topological polar surface area (TPSA) is 38.9 Å². The van der Waals surface area contributed by atoms with Gasteiger partial charge in [0.25, 0.3) is 0 Å². The van der Waals surface area contributed by atoms with Gasteiger partial charge in [-0.25, -0.2) is 9.37 Å². The van der Waals surface area contributed by atoms with Crippen molar-refractivity contribution in [2.24, 2.45) is 0 Å². The summed E-state index contributed by atoms with van der Waals surface area (Å²) < 4.78 is 19.0. The molecule has 0 saturated carbocycles. The highest BCUT2D eigenvalue weighted by atomic mass is 19.1. The van der Waals surface area contributed by atoms with E-state index in [1.165, 1.54) is 0 Å². The molecule has 2 N–H and O–H groups in total. The minimum Gasteiger partial charge on any atom is -0.384 e. The average Bonchev–Trinajstić information content (AvgIpc) is 1.80. The molecular weight excluding hydrogens is 107 g/mol. The summed E-state index contributed by atoms with van der Waals surface area (Å²) in [4.78, 5) is 3.39. The molecule has 0 radical (unpaired) electrons. The summed E-state index contributed by atoms with van der Waals surface area (Å²) in [5.74, 6) is -0.481. The average molecular weight is 113 g/mol. The van der Waals surface area contributed by atoms with Crippen molar-refractivity contribution in [2.75, 3.05) is 5.73 Å². The van der Waals surface area contributed by atoms with E-state index in [2.05, 4.69) is 4.98 Å². The van der Waals surface area contributed by atoms with Crippen LogP contribution in [0.15, 0.2) is 18.3 Å². The monoisotopic (exact) mass is 113 g/mol. The van der Waals surface area contributed by atoms with Gasteiger partial charge in [-0.15, -0.1) is 0 Å². The fourth-order valence-corrected chi connectivity index (χ4v) is 0.349. The lowest BCUT2D eigenvalue weighted by molar-refractivity contribution is 0.622. The van der Waals surface area contributed by atoms with Crippen molar-refractivity contribution in [1.29, 1.82) is 0 Å². The molecular formula is C5H5FN2. The minimum atomic E-state index is -0.533. The molecule has 0 spiro atoms. The summed E-state index contributed by atoms with van der Waals surface area (Å²) in [6, 6.07) is 0.942. The molecule has 0 aromatic carbocycles. The van der Waals surface area contributed by atoms with Gasteiger partial charge in [0.2, 0.25) is 0 Å². The van der Waals surface area contributed by atoms with Crippen molar-refractivity contribution in [1.82, 2.24) is 4.98 Å². The predicted octanol–water partition coefficient (Wildman–Crippen LogP) is 0.803. The van der Waals surface area contributed by atoms with Crippen LogP contribution in [-0.4, -0.2) is 4.98 Å². The molecule has 0 aliphatic rings. The fraction of sp³-hybridized carbons (Fsp3) is 0. The quantitative estimate of drug-likeness (QED) is 0.540. The molecule has 2 nitrogen and oxygen atoms in total. The van der Waals surface area contributed by atoms with Crippen LogP contribution in [0.5, 0.6) is 0 Å². The second kappa shape index (κ2) is 1.78. The van der Waals surface area contributed by atoms with Crippen LogP contribution in [0.4, 0.5) is 10.2 Å². The summed E-state index contributed by atoms with van der Waals surface area (Å²) in [5.41, 5.74) is 5.12. The number of halogens is 1. The first kappa shape index (κ1) is 3.83. The smallest absolute Gasteiger partial charge is 0.141 e. The highest BCUT2D eigenvalue weighted by molar-refractivity contribution is 5.25. The van der Waals surface area contributed by atoms with Crippen LogP contribution in [0.25, 0.3) is 0 Å². The van der Waals surface area contributed by atoms with Crippen molar-refractivity contribution in [3.05, 3.63) is 24.1 Å². The van der Waals surface area contributed by atoms with Crippen molar-refractivity contribution >= 4 is 5.82 Å². The number of pyridine rings is 1. The zero-order valence-corrected chi connectivity index (χ0v) is 4.06. The summed E-state index contributed by atoms with van der Waals surface area (Å²) in [6.07, 6.45) is 0.980. The van der Waals surface area contributed by atoms with Gasteiger partial charge in [-0.2, -0.15) is 0 Å². The van der Waals surface area contributed by atoms with Gasteiger partial charge in [-0.1, -0.05) is 0 Å². The maximum Gasteiger partial charge on any atom is 0.141 e. The van der Waals surface area contributed by atoms with E-state index in [0.29, 0.717) is 0 Å². The van der Waals surface area contributed by atoms with Gasteiger partial charge < -0.3 is 5.73 Å². The van der Waals surface area contributed by atoms with E-state index in [9.17, 15) is 4.39 Å². The maximum absolute atomic E-state index is 12.1. The Morgan fingerprint density at radius 3 is 3.12 bits per heavy atom. The molecule has 0 aliphatic heterocycles. The van der Waals surface area contributed by atoms with Crippen LogP contribution >= 0.6 is 0 Å². The highest BCUT2D eigenvalue weighted by Crippen LogP contribution is 1.96. The molecule has 0 bridgehead atoms. The van der Waals surface area contributed by atoms with Crippen LogP contribution in [0, 0.1) is 5.82 Å². The lowest BCUT2D eigenvalue weighted by atomic mass is 10.5. The van der Waals surface area contributed by atoms with Crippen LogP contribution in [0.3, 0.4) is 0 Å². The molecule has 0 unspecified atom stereocenters. The van der Waals surface area contributed by atoms with Crippen LogP contribution in [0.2, 0.25) is 0 Å². The normalized spacial score (nSPS) is 10.9. The molecule has 0 atom stereocenters. The Labute approximate surface area is 47.6 Å². The van der Waals surface area contributed by atoms with E-state index in [1.54, 1.807) is 0 Å². The van der Waals surface area contributed by atoms with Crippen molar-refractivity contribution in [3.63, 3.8) is 0 Å². The van der Waals surface area contributed by atoms with E-state index < -0.39 is 5.82 Å². The molecule has 8 heavy (non-hydrogen) atoms. The molecule has 42 valence electrons. The van der Waals surface area contributed by atoms with E-state index in [1.807, 2.05) is 0 Å². The Balaban J connectivity index is 3.17. The molecule has 0 aliphatic carbocycles. The second-order valence-corrected chi connectivity index (χ2v) is 1.32. The van der Waals surface area contributed by atoms with Gasteiger partial charge >= 0.3 is 0 Å². The zero-order chi connectivity index (χ0) is 6.85. The number of hydrogen-bond donors (Lipinski definition) is 1. The molecule has 1 aromatic heterocycles. The Morgan fingerprint density at radius 1 is 1.88 bits per heavy atom. The Bertz CT molecular complexity index is 226. The fourth-order valence-electron chi connectivity index (χ4n) is 0.349. The van der Waals surface area contributed by atoms with Crippen LogP contribution in [-0.2, 0) is 0 Å². The van der Waals surface area contributed by atoms with E-state index in [4.69, 9.17) is 7.10 Å². The summed E-state index contributed by atoms with van der Waals surface area (Å²) in [7, 11) is 0. The van der Waals surface area contributed by atoms with E-state index in [-0.39, 0.29) is 11.9 Å².